The minimum atomic E-state index is -1.20. The van der Waals surface area contributed by atoms with Gasteiger partial charge in [0.2, 0.25) is 11.8 Å². The zero-order valence-corrected chi connectivity index (χ0v) is 21.6. The summed E-state index contributed by atoms with van der Waals surface area (Å²) in [5, 5.41) is 31.4. The van der Waals surface area contributed by atoms with Crippen LogP contribution in [0.1, 0.15) is 17.2 Å². The fraction of sp³-hybridized carbons (Fsp3) is 0.133. The third-order valence-corrected chi connectivity index (χ3v) is 6.46. The molecule has 0 saturated heterocycles. The minimum absolute atomic E-state index is 0.209. The van der Waals surface area contributed by atoms with Crippen molar-refractivity contribution in [3.05, 3.63) is 108 Å². The predicted octanol–water partition coefficient (Wildman–Crippen LogP) is 3.94. The number of phenolic OH excluding ortho intramolecular Hbond substituents is 2. The molecule has 0 aliphatic heterocycles. The maximum Gasteiger partial charge on any atom is 0.249 e. The summed E-state index contributed by atoms with van der Waals surface area (Å²) in [5.41, 5.74) is 2.89. The number of ether oxygens (including phenoxy) is 1. The quantitative estimate of drug-likeness (QED) is 0.243. The molecule has 3 N–H and O–H groups in total. The Balaban J connectivity index is 1.57. The van der Waals surface area contributed by atoms with E-state index >= 15 is 0 Å². The molecule has 40 heavy (non-hydrogen) atoms. The smallest absolute Gasteiger partial charge is 0.249 e. The maximum absolute atomic E-state index is 14.1. The number of carbonyl (C=O) groups is 2. The van der Waals surface area contributed by atoms with E-state index in [0.717, 1.165) is 5.56 Å². The van der Waals surface area contributed by atoms with Gasteiger partial charge in [-0.05, 0) is 59.7 Å². The molecule has 2 amide bonds. The molecule has 0 aliphatic rings. The van der Waals surface area contributed by atoms with Crippen LogP contribution in [0.3, 0.4) is 0 Å². The zero-order valence-electron chi connectivity index (χ0n) is 21.6. The van der Waals surface area contributed by atoms with Crippen LogP contribution in [0.5, 0.6) is 17.2 Å². The Bertz CT molecular complexity index is 1640. The first-order valence-corrected chi connectivity index (χ1v) is 12.5. The number of nitrogens with zero attached hydrogens (tertiary/aromatic N) is 4. The molecule has 1 unspecified atom stereocenters. The largest absolute Gasteiger partial charge is 0.504 e. The summed E-state index contributed by atoms with van der Waals surface area (Å²) in [6.07, 6.45) is 0. The molecule has 0 aliphatic carbocycles. The van der Waals surface area contributed by atoms with Crippen molar-refractivity contribution in [1.29, 1.82) is 0 Å². The normalized spacial score (nSPS) is 11.6. The average Bonchev–Trinajstić information content (AvgIpc) is 3.39. The van der Waals surface area contributed by atoms with E-state index in [4.69, 9.17) is 4.74 Å². The van der Waals surface area contributed by atoms with E-state index in [0.29, 0.717) is 28.0 Å². The number of carbonyl (C=O) groups excluding carboxylic acids is 2. The summed E-state index contributed by atoms with van der Waals surface area (Å²) in [5.74, 6) is -1.12. The second-order valence-corrected chi connectivity index (χ2v) is 9.05. The summed E-state index contributed by atoms with van der Waals surface area (Å²) in [6.45, 7) is 0.0116. The first-order chi connectivity index (χ1) is 19.4. The van der Waals surface area contributed by atoms with Gasteiger partial charge in [0.15, 0.2) is 11.5 Å². The Morgan fingerprint density at radius 2 is 1.65 bits per heavy atom. The zero-order chi connectivity index (χ0) is 28.1. The Morgan fingerprint density at radius 1 is 0.925 bits per heavy atom. The van der Waals surface area contributed by atoms with Crippen LogP contribution in [-0.2, 0) is 22.7 Å². The maximum atomic E-state index is 14.1. The van der Waals surface area contributed by atoms with Crippen LogP contribution in [0.25, 0.3) is 11.0 Å². The standard InChI is InChI=1S/C30H27N5O5/c1-40-23-14-12-22(13-15-23)35(28(38)19-34-25-10-6-5-9-24(25)32-33-34)29(21-11-16-26(36)27(37)17-21)30(39)31-18-20-7-3-2-4-8-20/h2-17,29,36-37H,18-19H2,1H3,(H,31,39). The number of fused-ring (bicyclic) bond motifs is 1. The first kappa shape index (κ1) is 26.2. The molecule has 0 bridgehead atoms. The van der Waals surface area contributed by atoms with Crippen molar-refractivity contribution in [2.75, 3.05) is 12.0 Å². The van der Waals surface area contributed by atoms with Crippen molar-refractivity contribution in [2.45, 2.75) is 19.1 Å². The lowest BCUT2D eigenvalue weighted by Gasteiger charge is -2.32. The average molecular weight is 538 g/mol. The van der Waals surface area contributed by atoms with Crippen molar-refractivity contribution in [3.8, 4) is 17.2 Å². The van der Waals surface area contributed by atoms with E-state index < -0.39 is 23.6 Å². The number of phenols is 2. The SMILES string of the molecule is COc1ccc(N(C(=O)Cn2nnc3ccccc32)C(C(=O)NCc2ccccc2)c2ccc(O)c(O)c2)cc1. The van der Waals surface area contributed by atoms with E-state index in [2.05, 4.69) is 15.6 Å². The van der Waals surface area contributed by atoms with Crippen molar-refractivity contribution in [3.63, 3.8) is 0 Å². The highest BCUT2D eigenvalue weighted by Crippen LogP contribution is 2.34. The lowest BCUT2D eigenvalue weighted by atomic mass is 10.0. The van der Waals surface area contributed by atoms with Gasteiger partial charge in [-0.15, -0.1) is 5.10 Å². The fourth-order valence-corrected chi connectivity index (χ4v) is 4.43. The molecule has 10 heteroatoms. The van der Waals surface area contributed by atoms with Gasteiger partial charge in [0.25, 0.3) is 0 Å². The number of aromatic hydroxyl groups is 2. The number of hydrogen-bond donors (Lipinski definition) is 3. The van der Waals surface area contributed by atoms with Gasteiger partial charge in [-0.2, -0.15) is 0 Å². The van der Waals surface area contributed by atoms with Crippen molar-refractivity contribution in [2.24, 2.45) is 0 Å². The molecule has 202 valence electrons. The van der Waals surface area contributed by atoms with Gasteiger partial charge in [0.1, 0.15) is 23.9 Å². The highest BCUT2D eigenvalue weighted by Gasteiger charge is 2.34. The Kier molecular flexibility index (Phi) is 7.58. The van der Waals surface area contributed by atoms with Gasteiger partial charge in [0.05, 0.1) is 12.6 Å². The molecule has 5 aromatic rings. The molecule has 0 saturated carbocycles. The van der Waals surface area contributed by atoms with E-state index in [1.807, 2.05) is 48.5 Å². The van der Waals surface area contributed by atoms with Crippen molar-refractivity contribution < 1.29 is 24.5 Å². The second-order valence-electron chi connectivity index (χ2n) is 9.05. The van der Waals surface area contributed by atoms with Gasteiger partial charge < -0.3 is 20.3 Å². The van der Waals surface area contributed by atoms with Crippen LogP contribution in [0, 0.1) is 0 Å². The number of hydrogen-bond acceptors (Lipinski definition) is 7. The van der Waals surface area contributed by atoms with E-state index in [1.165, 1.54) is 34.9 Å². The molecule has 0 spiro atoms. The highest BCUT2D eigenvalue weighted by atomic mass is 16.5. The lowest BCUT2D eigenvalue weighted by Crippen LogP contribution is -2.45. The van der Waals surface area contributed by atoms with Gasteiger partial charge in [-0.3, -0.25) is 14.5 Å². The molecule has 1 aromatic heterocycles. The molecular formula is C30H27N5O5. The third kappa shape index (κ3) is 5.56. The lowest BCUT2D eigenvalue weighted by molar-refractivity contribution is -0.127. The monoisotopic (exact) mass is 537 g/mol. The number of amides is 2. The summed E-state index contributed by atoms with van der Waals surface area (Å²) in [7, 11) is 1.53. The Labute approximate surface area is 230 Å². The molecule has 10 nitrogen and oxygen atoms in total. The molecular weight excluding hydrogens is 510 g/mol. The highest BCUT2D eigenvalue weighted by molar-refractivity contribution is 6.01. The fourth-order valence-electron chi connectivity index (χ4n) is 4.43. The van der Waals surface area contributed by atoms with Gasteiger partial charge >= 0.3 is 0 Å². The molecule has 4 aromatic carbocycles. The number of rotatable bonds is 9. The third-order valence-electron chi connectivity index (χ3n) is 6.46. The van der Waals surface area contributed by atoms with Crippen LogP contribution in [-0.4, -0.2) is 44.1 Å². The van der Waals surface area contributed by atoms with Gasteiger partial charge in [0, 0.05) is 12.2 Å². The Hall–Kier alpha value is -5.38. The predicted molar refractivity (Wildman–Crippen MR) is 149 cm³/mol. The number of para-hydroxylation sites is 1. The summed E-state index contributed by atoms with van der Waals surface area (Å²) >= 11 is 0. The van der Waals surface area contributed by atoms with Crippen LogP contribution in [0.2, 0.25) is 0 Å². The van der Waals surface area contributed by atoms with Gasteiger partial charge in [-0.25, -0.2) is 4.68 Å². The number of benzene rings is 4. The van der Waals surface area contributed by atoms with E-state index in [-0.39, 0.29) is 18.8 Å². The molecule has 1 atom stereocenters. The first-order valence-electron chi connectivity index (χ1n) is 12.5. The van der Waals surface area contributed by atoms with Gasteiger partial charge in [-0.1, -0.05) is 53.7 Å². The number of methoxy groups -OCH3 is 1. The number of aromatic nitrogens is 3. The van der Waals surface area contributed by atoms with E-state index in [1.54, 1.807) is 30.3 Å². The number of nitrogens with one attached hydrogen (secondary N) is 1. The molecule has 0 radical (unpaired) electrons. The summed E-state index contributed by atoms with van der Waals surface area (Å²) in [6, 6.07) is 26.2. The molecule has 0 fully saturated rings. The second kappa shape index (κ2) is 11.6. The summed E-state index contributed by atoms with van der Waals surface area (Å²) < 4.78 is 6.76. The Morgan fingerprint density at radius 3 is 2.38 bits per heavy atom. The van der Waals surface area contributed by atoms with Crippen molar-refractivity contribution in [1.82, 2.24) is 20.3 Å². The van der Waals surface area contributed by atoms with Crippen molar-refractivity contribution >= 4 is 28.5 Å². The van der Waals surface area contributed by atoms with Crippen LogP contribution in [0.4, 0.5) is 5.69 Å². The van der Waals surface area contributed by atoms with Crippen LogP contribution in [0.15, 0.2) is 97.1 Å². The molecule has 1 heterocycles. The number of anilines is 1. The van der Waals surface area contributed by atoms with E-state index in [9.17, 15) is 19.8 Å². The topological polar surface area (TPSA) is 130 Å². The molecule has 5 rings (SSSR count). The van der Waals surface area contributed by atoms with Crippen LogP contribution < -0.4 is 15.0 Å². The minimum Gasteiger partial charge on any atom is -0.504 e. The summed E-state index contributed by atoms with van der Waals surface area (Å²) in [4.78, 5) is 29.3. The van der Waals surface area contributed by atoms with Crippen LogP contribution >= 0.6 is 0 Å².